The second kappa shape index (κ2) is 7.61. The van der Waals surface area contributed by atoms with Crippen LogP contribution in [0.1, 0.15) is 21.7 Å². The number of hydrogen-bond acceptors (Lipinski definition) is 6. The van der Waals surface area contributed by atoms with Crippen molar-refractivity contribution >= 4 is 17.2 Å². The molecular formula is C21H17NO5. The van der Waals surface area contributed by atoms with E-state index in [1.807, 2.05) is 30.3 Å². The van der Waals surface area contributed by atoms with Gasteiger partial charge in [-0.05, 0) is 48.9 Å². The fraction of sp³-hybridized carbons (Fsp3) is 0.0476. The molecule has 0 saturated heterocycles. The van der Waals surface area contributed by atoms with Crippen LogP contribution in [0, 0.1) is 6.92 Å². The maximum Gasteiger partial charge on any atom is 0.351 e. The van der Waals surface area contributed by atoms with Gasteiger partial charge in [0, 0.05) is 23.5 Å². The number of carbonyl (C=O) groups excluding carboxylic acids is 1. The highest BCUT2D eigenvalue weighted by molar-refractivity contribution is 6.10. The van der Waals surface area contributed by atoms with E-state index in [9.17, 15) is 19.8 Å². The number of aryl methyl sites for hydroxylation is 1. The summed E-state index contributed by atoms with van der Waals surface area (Å²) in [5, 5.41) is 22.6. The Labute approximate surface area is 155 Å². The van der Waals surface area contributed by atoms with Crippen LogP contribution in [0.25, 0.3) is 5.70 Å². The lowest BCUT2D eigenvalue weighted by Crippen LogP contribution is -2.14. The molecule has 0 aliphatic heterocycles. The van der Waals surface area contributed by atoms with Crippen LogP contribution < -0.4 is 10.9 Å². The zero-order chi connectivity index (χ0) is 19.4. The molecule has 0 aliphatic rings. The molecule has 0 bridgehead atoms. The highest BCUT2D eigenvalue weighted by Crippen LogP contribution is 2.23. The van der Waals surface area contributed by atoms with Crippen LogP contribution in [0.4, 0.5) is 5.69 Å². The van der Waals surface area contributed by atoms with Crippen molar-refractivity contribution in [1.29, 1.82) is 0 Å². The molecular weight excluding hydrogens is 346 g/mol. The van der Waals surface area contributed by atoms with E-state index in [4.69, 9.17) is 4.42 Å². The smallest absolute Gasteiger partial charge is 0.351 e. The zero-order valence-corrected chi connectivity index (χ0v) is 14.5. The Morgan fingerprint density at radius 1 is 1.04 bits per heavy atom. The first-order chi connectivity index (χ1) is 12.9. The van der Waals surface area contributed by atoms with Gasteiger partial charge in [-0.25, -0.2) is 4.79 Å². The lowest BCUT2D eigenvalue weighted by molar-refractivity contribution is 0.104. The second-order valence-electron chi connectivity index (χ2n) is 5.86. The molecule has 0 amide bonds. The first kappa shape index (κ1) is 18.0. The van der Waals surface area contributed by atoms with E-state index in [1.165, 1.54) is 31.2 Å². The number of para-hydroxylation sites is 1. The number of anilines is 1. The zero-order valence-electron chi connectivity index (χ0n) is 14.5. The Kier molecular flexibility index (Phi) is 5.08. The van der Waals surface area contributed by atoms with Gasteiger partial charge in [0.05, 0.1) is 0 Å². The molecule has 0 radical (unpaired) electrons. The predicted octanol–water partition coefficient (Wildman–Crippen LogP) is 3.70. The Morgan fingerprint density at radius 2 is 1.70 bits per heavy atom. The van der Waals surface area contributed by atoms with Crippen molar-refractivity contribution in [3.63, 3.8) is 0 Å². The van der Waals surface area contributed by atoms with Crippen LogP contribution in [0.15, 0.2) is 76.0 Å². The summed E-state index contributed by atoms with van der Waals surface area (Å²) >= 11 is 0. The van der Waals surface area contributed by atoms with Gasteiger partial charge in [0.2, 0.25) is 0 Å². The fourth-order valence-corrected chi connectivity index (χ4v) is 2.54. The molecule has 0 spiro atoms. The normalized spacial score (nSPS) is 11.2. The molecule has 3 aromatic rings. The van der Waals surface area contributed by atoms with Gasteiger partial charge < -0.3 is 19.9 Å². The minimum atomic E-state index is -0.904. The number of allylic oxidation sites excluding steroid dienone is 1. The number of hydrogen-bond donors (Lipinski definition) is 3. The lowest BCUT2D eigenvalue weighted by atomic mass is 10.1. The monoisotopic (exact) mass is 363 g/mol. The van der Waals surface area contributed by atoms with Crippen LogP contribution in [0.2, 0.25) is 0 Å². The Bertz CT molecular complexity index is 1050. The van der Waals surface area contributed by atoms with E-state index >= 15 is 0 Å². The van der Waals surface area contributed by atoms with Crippen molar-refractivity contribution < 1.29 is 19.4 Å². The van der Waals surface area contributed by atoms with E-state index in [-0.39, 0.29) is 11.5 Å². The van der Waals surface area contributed by atoms with Gasteiger partial charge in [-0.15, -0.1) is 0 Å². The Hall–Kier alpha value is -3.80. The summed E-state index contributed by atoms with van der Waals surface area (Å²) in [6, 6.07) is 16.6. The average Bonchev–Trinajstić information content (AvgIpc) is 2.62. The molecule has 0 saturated carbocycles. The average molecular weight is 363 g/mol. The third-order valence-electron chi connectivity index (χ3n) is 3.81. The summed E-state index contributed by atoms with van der Waals surface area (Å²) < 4.78 is 4.91. The molecule has 0 unspecified atom stereocenters. The molecule has 1 heterocycles. The number of benzene rings is 2. The number of aromatic hydroxyl groups is 2. The highest BCUT2D eigenvalue weighted by atomic mass is 16.4. The van der Waals surface area contributed by atoms with Gasteiger partial charge in [-0.1, -0.05) is 18.2 Å². The lowest BCUT2D eigenvalue weighted by Gasteiger charge is -2.12. The third kappa shape index (κ3) is 4.24. The molecule has 3 N–H and O–H groups in total. The molecule has 0 aliphatic carbocycles. The first-order valence-electron chi connectivity index (χ1n) is 8.15. The molecule has 27 heavy (non-hydrogen) atoms. The number of phenols is 1. The number of nitrogens with one attached hydrogen (secondary N) is 1. The van der Waals surface area contributed by atoms with Crippen LogP contribution >= 0.6 is 0 Å². The number of ketones is 1. The van der Waals surface area contributed by atoms with Crippen LogP contribution in [0.5, 0.6) is 11.5 Å². The van der Waals surface area contributed by atoms with Gasteiger partial charge in [-0.3, -0.25) is 4.79 Å². The largest absolute Gasteiger partial charge is 0.508 e. The maximum atomic E-state index is 12.7. The minimum absolute atomic E-state index is 0.0842. The Balaban J connectivity index is 2.05. The highest BCUT2D eigenvalue weighted by Gasteiger charge is 2.18. The minimum Gasteiger partial charge on any atom is -0.508 e. The van der Waals surface area contributed by atoms with Crippen LogP contribution in [-0.2, 0) is 0 Å². The van der Waals surface area contributed by atoms with Crippen molar-refractivity contribution in [3.8, 4) is 11.5 Å². The molecule has 1 aromatic heterocycles. The van der Waals surface area contributed by atoms with E-state index < -0.39 is 22.7 Å². The number of rotatable bonds is 5. The molecule has 6 nitrogen and oxygen atoms in total. The van der Waals surface area contributed by atoms with Crippen molar-refractivity contribution in [2.24, 2.45) is 0 Å². The van der Waals surface area contributed by atoms with Gasteiger partial charge >= 0.3 is 5.63 Å². The first-order valence-corrected chi connectivity index (χ1v) is 8.15. The second-order valence-corrected chi connectivity index (χ2v) is 5.86. The topological polar surface area (TPSA) is 99.8 Å². The molecule has 2 aromatic carbocycles. The van der Waals surface area contributed by atoms with Crippen LogP contribution in [-0.4, -0.2) is 16.0 Å². The standard InChI is InChI=1S/C21H17NO5/c1-13-11-18(24)20(21(26)27-13)19(25)12-17(14-7-9-16(23)10-8-14)22-15-5-3-2-4-6-15/h2-12,22-24H,1H3/b17-12-. The van der Waals surface area contributed by atoms with Gasteiger partial charge in [-0.2, -0.15) is 0 Å². The predicted molar refractivity (Wildman–Crippen MR) is 102 cm³/mol. The van der Waals surface area contributed by atoms with Gasteiger partial charge in [0.15, 0.2) is 5.78 Å². The van der Waals surface area contributed by atoms with Crippen molar-refractivity contribution in [2.45, 2.75) is 6.92 Å². The molecule has 136 valence electrons. The summed E-state index contributed by atoms with van der Waals surface area (Å²) in [4.78, 5) is 24.6. The molecule has 6 heteroatoms. The fourth-order valence-electron chi connectivity index (χ4n) is 2.54. The third-order valence-corrected chi connectivity index (χ3v) is 3.81. The van der Waals surface area contributed by atoms with Crippen LogP contribution in [0.3, 0.4) is 0 Å². The Morgan fingerprint density at radius 3 is 2.33 bits per heavy atom. The van der Waals surface area contributed by atoms with E-state index in [0.717, 1.165) is 5.69 Å². The number of carbonyl (C=O) groups is 1. The quantitative estimate of drug-likeness (QED) is 0.472. The van der Waals surface area contributed by atoms with Crippen molar-refractivity contribution in [3.05, 3.63) is 94.0 Å². The van der Waals surface area contributed by atoms with Gasteiger partial charge in [0.25, 0.3) is 0 Å². The van der Waals surface area contributed by atoms with Gasteiger partial charge in [0.1, 0.15) is 22.8 Å². The van der Waals surface area contributed by atoms with E-state index in [2.05, 4.69) is 5.32 Å². The summed E-state index contributed by atoms with van der Waals surface area (Å²) in [7, 11) is 0. The summed E-state index contributed by atoms with van der Waals surface area (Å²) in [5.41, 5.74) is 0.390. The molecule has 0 fully saturated rings. The van der Waals surface area contributed by atoms with E-state index in [0.29, 0.717) is 11.3 Å². The van der Waals surface area contributed by atoms with Crippen molar-refractivity contribution in [1.82, 2.24) is 0 Å². The maximum absolute atomic E-state index is 12.7. The molecule has 3 rings (SSSR count). The number of phenolic OH excluding ortho intramolecular Hbond substituents is 1. The molecule has 0 atom stereocenters. The summed E-state index contributed by atoms with van der Waals surface area (Å²) in [5.74, 6) is -0.845. The summed E-state index contributed by atoms with van der Waals surface area (Å²) in [6.07, 6.45) is 1.21. The summed E-state index contributed by atoms with van der Waals surface area (Å²) in [6.45, 7) is 1.50. The van der Waals surface area contributed by atoms with Crippen molar-refractivity contribution in [2.75, 3.05) is 5.32 Å². The SMILES string of the molecule is Cc1cc(O)c(C(=O)/C=C(\Nc2ccccc2)c2ccc(O)cc2)c(=O)o1. The van der Waals surface area contributed by atoms with E-state index in [1.54, 1.807) is 12.1 Å².